The predicted molar refractivity (Wildman–Crippen MR) is 80.3 cm³/mol. The molecule has 0 heterocycles. The fourth-order valence-electron chi connectivity index (χ4n) is 2.43. The van der Waals surface area contributed by atoms with Crippen molar-refractivity contribution in [2.24, 2.45) is 0 Å². The van der Waals surface area contributed by atoms with Gasteiger partial charge in [0.05, 0.1) is 13.2 Å². The minimum absolute atomic E-state index is 0.136. The van der Waals surface area contributed by atoms with E-state index in [-0.39, 0.29) is 6.04 Å². The molecule has 1 rings (SSSR count). The average molecular weight is 279 g/mol. The molecular formula is C16H25NO3. The number of rotatable bonds is 5. The summed E-state index contributed by atoms with van der Waals surface area (Å²) in [5, 5.41) is 9.57. The molecule has 112 valence electrons. The smallest absolute Gasteiger partial charge is 0.408 e. The van der Waals surface area contributed by atoms with Crippen LogP contribution in [0.4, 0.5) is 4.79 Å². The molecule has 0 fully saturated rings. The third kappa shape index (κ3) is 3.89. The van der Waals surface area contributed by atoms with E-state index in [1.54, 1.807) is 7.11 Å². The molecule has 0 aromatic heterocycles. The van der Waals surface area contributed by atoms with Crippen LogP contribution in [0.5, 0.6) is 5.75 Å². The zero-order chi connectivity index (χ0) is 15.3. The van der Waals surface area contributed by atoms with Gasteiger partial charge < -0.3 is 9.84 Å². The number of nitrogens with zero attached hydrogens (tertiary/aromatic N) is 1. The summed E-state index contributed by atoms with van der Waals surface area (Å²) in [5.41, 5.74) is 0.566. The molecule has 1 unspecified atom stereocenters. The maximum absolute atomic E-state index is 11.7. The molecule has 1 N–H and O–H groups in total. The van der Waals surface area contributed by atoms with Crippen LogP contribution in [0, 0.1) is 0 Å². The number of hydrogen-bond acceptors (Lipinski definition) is 2. The van der Waals surface area contributed by atoms with Gasteiger partial charge in [0.25, 0.3) is 0 Å². The van der Waals surface area contributed by atoms with E-state index in [1.807, 2.05) is 45.0 Å². The third-order valence-corrected chi connectivity index (χ3v) is 3.30. The molecule has 0 saturated heterocycles. The molecule has 0 bridgehead atoms. The SMILES string of the molecule is CCCC(c1ccc(OC)cc1)N(C(=O)O)C(C)(C)C. The Hall–Kier alpha value is -1.71. The van der Waals surface area contributed by atoms with Crippen molar-refractivity contribution in [3.63, 3.8) is 0 Å². The standard InChI is InChI=1S/C16H25NO3/c1-6-7-14(17(15(18)19)16(2,3)4)12-8-10-13(20-5)11-9-12/h8-11,14H,6-7H2,1-5H3,(H,18,19). The lowest BCUT2D eigenvalue weighted by Gasteiger charge is -2.40. The molecule has 0 saturated carbocycles. The Morgan fingerprint density at radius 3 is 2.20 bits per heavy atom. The maximum Gasteiger partial charge on any atom is 0.408 e. The van der Waals surface area contributed by atoms with Gasteiger partial charge in [-0.25, -0.2) is 4.79 Å². The lowest BCUT2D eigenvalue weighted by molar-refractivity contribution is 0.0664. The Balaban J connectivity index is 3.16. The van der Waals surface area contributed by atoms with Crippen molar-refractivity contribution in [3.05, 3.63) is 29.8 Å². The molecule has 1 atom stereocenters. The first kappa shape index (κ1) is 16.3. The molecule has 1 aromatic rings. The van der Waals surface area contributed by atoms with E-state index in [0.717, 1.165) is 24.2 Å². The number of carboxylic acid groups (broad SMARTS) is 1. The molecule has 4 heteroatoms. The molecule has 0 aliphatic rings. The van der Waals surface area contributed by atoms with Crippen LogP contribution in [0.2, 0.25) is 0 Å². The van der Waals surface area contributed by atoms with Crippen molar-refractivity contribution in [1.82, 2.24) is 4.90 Å². The summed E-state index contributed by atoms with van der Waals surface area (Å²) in [5.74, 6) is 0.779. The van der Waals surface area contributed by atoms with Crippen LogP contribution in [-0.4, -0.2) is 28.7 Å². The summed E-state index contributed by atoms with van der Waals surface area (Å²) in [7, 11) is 1.62. The second-order valence-electron chi connectivity index (χ2n) is 5.90. The number of carbonyl (C=O) groups is 1. The van der Waals surface area contributed by atoms with Crippen molar-refractivity contribution in [1.29, 1.82) is 0 Å². The first-order valence-corrected chi connectivity index (χ1v) is 6.97. The zero-order valence-corrected chi connectivity index (χ0v) is 13.0. The number of hydrogen-bond donors (Lipinski definition) is 1. The molecule has 0 aliphatic heterocycles. The number of amides is 1. The van der Waals surface area contributed by atoms with Gasteiger partial charge in [0.15, 0.2) is 0 Å². The van der Waals surface area contributed by atoms with Gasteiger partial charge in [-0.2, -0.15) is 0 Å². The predicted octanol–water partition coefficient (Wildman–Crippen LogP) is 4.31. The molecule has 20 heavy (non-hydrogen) atoms. The van der Waals surface area contributed by atoms with Crippen LogP contribution < -0.4 is 4.74 Å². The van der Waals surface area contributed by atoms with Crippen LogP contribution in [0.3, 0.4) is 0 Å². The fraction of sp³-hybridized carbons (Fsp3) is 0.562. The molecular weight excluding hydrogens is 254 g/mol. The monoisotopic (exact) mass is 279 g/mol. The van der Waals surface area contributed by atoms with Crippen molar-refractivity contribution < 1.29 is 14.6 Å². The Morgan fingerprint density at radius 2 is 1.85 bits per heavy atom. The van der Waals surface area contributed by atoms with Gasteiger partial charge in [0.2, 0.25) is 0 Å². The summed E-state index contributed by atoms with van der Waals surface area (Å²) >= 11 is 0. The highest BCUT2D eigenvalue weighted by Crippen LogP contribution is 2.32. The van der Waals surface area contributed by atoms with Crippen molar-refractivity contribution in [2.45, 2.75) is 52.1 Å². The number of methoxy groups -OCH3 is 1. The first-order valence-electron chi connectivity index (χ1n) is 6.97. The summed E-state index contributed by atoms with van der Waals surface area (Å²) in [4.78, 5) is 13.2. The maximum atomic E-state index is 11.7. The second-order valence-corrected chi connectivity index (χ2v) is 5.90. The Bertz CT molecular complexity index is 434. The largest absolute Gasteiger partial charge is 0.497 e. The van der Waals surface area contributed by atoms with Gasteiger partial charge in [-0.1, -0.05) is 25.5 Å². The van der Waals surface area contributed by atoms with Gasteiger partial charge in [0.1, 0.15) is 5.75 Å². The summed E-state index contributed by atoms with van der Waals surface area (Å²) in [6.45, 7) is 7.84. The minimum atomic E-state index is -0.883. The van der Waals surface area contributed by atoms with Crippen LogP contribution in [-0.2, 0) is 0 Å². The van der Waals surface area contributed by atoms with Gasteiger partial charge >= 0.3 is 6.09 Å². The lowest BCUT2D eigenvalue weighted by atomic mass is 9.95. The molecule has 0 aliphatic carbocycles. The van der Waals surface area contributed by atoms with Crippen LogP contribution >= 0.6 is 0 Å². The van der Waals surface area contributed by atoms with Gasteiger partial charge in [-0.15, -0.1) is 0 Å². The molecule has 0 radical (unpaired) electrons. The minimum Gasteiger partial charge on any atom is -0.497 e. The van der Waals surface area contributed by atoms with Crippen molar-refractivity contribution >= 4 is 6.09 Å². The highest BCUT2D eigenvalue weighted by molar-refractivity contribution is 5.67. The Kier molecular flexibility index (Phi) is 5.43. The summed E-state index contributed by atoms with van der Waals surface area (Å²) < 4.78 is 5.15. The van der Waals surface area contributed by atoms with Crippen LogP contribution in [0.25, 0.3) is 0 Å². The first-order chi connectivity index (χ1) is 9.31. The Labute approximate surface area is 121 Å². The molecule has 4 nitrogen and oxygen atoms in total. The van der Waals surface area contributed by atoms with Crippen LogP contribution in [0.1, 0.15) is 52.1 Å². The van der Waals surface area contributed by atoms with Gasteiger partial charge in [-0.05, 0) is 44.9 Å². The topological polar surface area (TPSA) is 49.8 Å². The van der Waals surface area contributed by atoms with E-state index in [1.165, 1.54) is 4.90 Å². The number of ether oxygens (including phenoxy) is 1. The Morgan fingerprint density at radius 1 is 1.30 bits per heavy atom. The third-order valence-electron chi connectivity index (χ3n) is 3.30. The van der Waals surface area contributed by atoms with E-state index in [0.29, 0.717) is 0 Å². The van der Waals surface area contributed by atoms with Gasteiger partial charge in [0, 0.05) is 5.54 Å². The quantitative estimate of drug-likeness (QED) is 0.873. The van der Waals surface area contributed by atoms with E-state index in [9.17, 15) is 9.90 Å². The van der Waals surface area contributed by atoms with Crippen molar-refractivity contribution in [2.75, 3.05) is 7.11 Å². The van der Waals surface area contributed by atoms with E-state index < -0.39 is 11.6 Å². The second kappa shape index (κ2) is 6.64. The highest BCUT2D eigenvalue weighted by atomic mass is 16.5. The van der Waals surface area contributed by atoms with E-state index >= 15 is 0 Å². The number of benzene rings is 1. The summed E-state index contributed by atoms with van der Waals surface area (Å²) in [6.07, 6.45) is 0.846. The van der Waals surface area contributed by atoms with Crippen LogP contribution in [0.15, 0.2) is 24.3 Å². The van der Waals surface area contributed by atoms with Crippen molar-refractivity contribution in [3.8, 4) is 5.75 Å². The summed E-state index contributed by atoms with van der Waals surface area (Å²) in [6, 6.07) is 7.51. The fourth-order valence-corrected chi connectivity index (χ4v) is 2.43. The van der Waals surface area contributed by atoms with Gasteiger partial charge in [-0.3, -0.25) is 4.90 Å². The normalized spacial score (nSPS) is 12.8. The molecule has 1 amide bonds. The zero-order valence-electron chi connectivity index (χ0n) is 13.0. The molecule has 1 aromatic carbocycles. The van der Waals surface area contributed by atoms with E-state index in [2.05, 4.69) is 6.92 Å². The lowest BCUT2D eigenvalue weighted by Crippen LogP contribution is -2.47. The average Bonchev–Trinajstić information content (AvgIpc) is 2.36. The highest BCUT2D eigenvalue weighted by Gasteiger charge is 2.33. The molecule has 0 spiro atoms. The van der Waals surface area contributed by atoms with E-state index in [4.69, 9.17) is 4.74 Å².